The number of carbonyl (C=O) groups is 1. The molecule has 0 aromatic heterocycles. The summed E-state index contributed by atoms with van der Waals surface area (Å²) in [5.74, 6) is 0.701. The Hall–Kier alpha value is -0.420. The molecule has 0 bridgehead atoms. The van der Waals surface area contributed by atoms with Crippen molar-refractivity contribution in [2.24, 2.45) is 0 Å². The van der Waals surface area contributed by atoms with Crippen LogP contribution in [0.25, 0.3) is 0 Å². The Morgan fingerprint density at radius 3 is 2.44 bits per heavy atom. The SMILES string of the molecule is CCNC(C)CC(=O)NC(C)CCS(C)=O. The fourth-order valence-electron chi connectivity index (χ4n) is 1.45. The summed E-state index contributed by atoms with van der Waals surface area (Å²) >= 11 is 0. The van der Waals surface area contributed by atoms with E-state index < -0.39 is 10.8 Å². The van der Waals surface area contributed by atoms with Crippen molar-refractivity contribution in [3.63, 3.8) is 0 Å². The predicted molar refractivity (Wildman–Crippen MR) is 68.9 cm³/mol. The third-order valence-corrected chi connectivity index (χ3v) is 3.10. The normalized spacial score (nSPS) is 16.5. The van der Waals surface area contributed by atoms with Crippen molar-refractivity contribution in [1.82, 2.24) is 10.6 Å². The Morgan fingerprint density at radius 2 is 1.94 bits per heavy atom. The van der Waals surface area contributed by atoms with E-state index in [0.717, 1.165) is 13.0 Å². The Kier molecular flexibility index (Phi) is 8.47. The van der Waals surface area contributed by atoms with Gasteiger partial charge in [0.1, 0.15) is 0 Å². The molecule has 96 valence electrons. The fourth-order valence-corrected chi connectivity index (χ4v) is 2.13. The van der Waals surface area contributed by atoms with Crippen LogP contribution in [-0.2, 0) is 15.6 Å². The summed E-state index contributed by atoms with van der Waals surface area (Å²) in [6.07, 6.45) is 2.94. The third kappa shape index (κ3) is 8.85. The molecule has 0 aliphatic heterocycles. The van der Waals surface area contributed by atoms with Crippen molar-refractivity contribution in [2.45, 2.75) is 45.7 Å². The Balaban J connectivity index is 3.73. The van der Waals surface area contributed by atoms with Crippen LogP contribution < -0.4 is 10.6 Å². The van der Waals surface area contributed by atoms with Gasteiger partial charge in [0, 0.05) is 41.3 Å². The van der Waals surface area contributed by atoms with Crippen LogP contribution in [0.15, 0.2) is 0 Å². The lowest BCUT2D eigenvalue weighted by molar-refractivity contribution is -0.122. The van der Waals surface area contributed by atoms with Gasteiger partial charge in [-0.2, -0.15) is 0 Å². The molecule has 1 amide bonds. The summed E-state index contributed by atoms with van der Waals surface area (Å²) in [7, 11) is -0.778. The second-order valence-electron chi connectivity index (χ2n) is 4.20. The van der Waals surface area contributed by atoms with Crippen molar-refractivity contribution in [2.75, 3.05) is 18.6 Å². The highest BCUT2D eigenvalue weighted by molar-refractivity contribution is 7.84. The molecule has 4 nitrogen and oxygen atoms in total. The molecule has 2 N–H and O–H groups in total. The molecule has 0 spiro atoms. The number of amides is 1. The first-order valence-electron chi connectivity index (χ1n) is 5.78. The highest BCUT2D eigenvalue weighted by Gasteiger charge is 2.11. The lowest BCUT2D eigenvalue weighted by Gasteiger charge is -2.16. The molecule has 3 atom stereocenters. The smallest absolute Gasteiger partial charge is 0.221 e. The maximum Gasteiger partial charge on any atom is 0.221 e. The van der Waals surface area contributed by atoms with Crippen LogP contribution in [0.5, 0.6) is 0 Å². The fraction of sp³-hybridized carbons (Fsp3) is 0.909. The maximum absolute atomic E-state index is 11.6. The monoisotopic (exact) mass is 248 g/mol. The largest absolute Gasteiger partial charge is 0.354 e. The number of carbonyl (C=O) groups excluding carboxylic acids is 1. The summed E-state index contributed by atoms with van der Waals surface area (Å²) in [4.78, 5) is 11.6. The highest BCUT2D eigenvalue weighted by Crippen LogP contribution is 1.96. The summed E-state index contributed by atoms with van der Waals surface area (Å²) in [6.45, 7) is 6.84. The van der Waals surface area contributed by atoms with E-state index in [1.807, 2.05) is 20.8 Å². The molecule has 0 saturated carbocycles. The van der Waals surface area contributed by atoms with Crippen LogP contribution in [0.1, 0.15) is 33.6 Å². The van der Waals surface area contributed by atoms with Crippen molar-refractivity contribution < 1.29 is 9.00 Å². The van der Waals surface area contributed by atoms with Gasteiger partial charge in [-0.05, 0) is 26.8 Å². The van der Waals surface area contributed by atoms with Crippen LogP contribution in [0, 0.1) is 0 Å². The van der Waals surface area contributed by atoms with Crippen LogP contribution >= 0.6 is 0 Å². The van der Waals surface area contributed by atoms with Crippen LogP contribution in [0.3, 0.4) is 0 Å². The van der Waals surface area contributed by atoms with Crippen molar-refractivity contribution in [3.05, 3.63) is 0 Å². The minimum absolute atomic E-state index is 0.0582. The number of rotatable bonds is 8. The molecular formula is C11H24N2O2S. The molecule has 16 heavy (non-hydrogen) atoms. The van der Waals surface area contributed by atoms with E-state index in [1.54, 1.807) is 6.26 Å². The van der Waals surface area contributed by atoms with Crippen LogP contribution in [0.2, 0.25) is 0 Å². The zero-order valence-electron chi connectivity index (χ0n) is 10.7. The van der Waals surface area contributed by atoms with E-state index in [1.165, 1.54) is 0 Å². The maximum atomic E-state index is 11.6. The number of hydrogen-bond acceptors (Lipinski definition) is 3. The van der Waals surface area contributed by atoms with E-state index in [-0.39, 0.29) is 18.0 Å². The molecule has 0 aromatic rings. The van der Waals surface area contributed by atoms with Gasteiger partial charge >= 0.3 is 0 Å². The average molecular weight is 248 g/mol. The summed E-state index contributed by atoms with van der Waals surface area (Å²) < 4.78 is 10.9. The minimum atomic E-state index is -0.778. The molecule has 0 aliphatic carbocycles. The minimum Gasteiger partial charge on any atom is -0.354 e. The first-order valence-corrected chi connectivity index (χ1v) is 7.51. The van der Waals surface area contributed by atoms with Gasteiger partial charge < -0.3 is 10.6 Å². The van der Waals surface area contributed by atoms with E-state index in [4.69, 9.17) is 0 Å². The van der Waals surface area contributed by atoms with Gasteiger partial charge in [0.2, 0.25) is 5.91 Å². The summed E-state index contributed by atoms with van der Waals surface area (Å²) in [5, 5.41) is 6.10. The summed E-state index contributed by atoms with van der Waals surface area (Å²) in [5.41, 5.74) is 0. The molecule has 0 fully saturated rings. The molecule has 0 rings (SSSR count). The second-order valence-corrected chi connectivity index (χ2v) is 5.75. The molecule has 0 heterocycles. The Bertz CT molecular complexity index is 234. The number of hydrogen-bond donors (Lipinski definition) is 2. The molecule has 0 aliphatic rings. The average Bonchev–Trinajstić information content (AvgIpc) is 2.14. The Morgan fingerprint density at radius 1 is 1.31 bits per heavy atom. The van der Waals surface area contributed by atoms with Gasteiger partial charge in [-0.25, -0.2) is 0 Å². The molecule has 0 aromatic carbocycles. The van der Waals surface area contributed by atoms with Gasteiger partial charge in [-0.15, -0.1) is 0 Å². The molecule has 0 saturated heterocycles. The summed E-state index contributed by atoms with van der Waals surface area (Å²) in [6, 6.07) is 0.308. The van der Waals surface area contributed by atoms with Crippen LogP contribution in [0.4, 0.5) is 0 Å². The lowest BCUT2D eigenvalue weighted by atomic mass is 10.2. The lowest BCUT2D eigenvalue weighted by Crippen LogP contribution is -2.38. The van der Waals surface area contributed by atoms with E-state index >= 15 is 0 Å². The Labute approximate surface area is 101 Å². The topological polar surface area (TPSA) is 58.2 Å². The zero-order valence-corrected chi connectivity index (χ0v) is 11.5. The van der Waals surface area contributed by atoms with Gasteiger partial charge in [-0.1, -0.05) is 6.92 Å². The van der Waals surface area contributed by atoms with E-state index in [9.17, 15) is 9.00 Å². The zero-order chi connectivity index (χ0) is 12.6. The van der Waals surface area contributed by atoms with Gasteiger partial charge in [0.05, 0.1) is 0 Å². The first-order chi connectivity index (χ1) is 7.45. The quantitative estimate of drug-likeness (QED) is 0.663. The van der Waals surface area contributed by atoms with Crippen molar-refractivity contribution in [3.8, 4) is 0 Å². The predicted octanol–water partition coefficient (Wildman–Crippen LogP) is 0.648. The standard InChI is InChI=1S/C11H24N2O2S/c1-5-12-10(3)8-11(14)13-9(2)6-7-16(4)15/h9-10,12H,5-8H2,1-4H3,(H,13,14). The number of nitrogens with one attached hydrogen (secondary N) is 2. The highest BCUT2D eigenvalue weighted by atomic mass is 32.2. The first kappa shape index (κ1) is 15.6. The van der Waals surface area contributed by atoms with Crippen molar-refractivity contribution in [1.29, 1.82) is 0 Å². The molecule has 3 unspecified atom stereocenters. The van der Waals surface area contributed by atoms with Gasteiger partial charge in [-0.3, -0.25) is 9.00 Å². The van der Waals surface area contributed by atoms with E-state index in [0.29, 0.717) is 12.2 Å². The van der Waals surface area contributed by atoms with Gasteiger partial charge in [0.15, 0.2) is 0 Å². The molecule has 0 radical (unpaired) electrons. The molecule has 5 heteroatoms. The van der Waals surface area contributed by atoms with Crippen molar-refractivity contribution >= 4 is 16.7 Å². The third-order valence-electron chi connectivity index (χ3n) is 2.29. The second kappa shape index (κ2) is 8.70. The van der Waals surface area contributed by atoms with Gasteiger partial charge in [0.25, 0.3) is 0 Å². The van der Waals surface area contributed by atoms with Crippen LogP contribution in [-0.4, -0.2) is 40.8 Å². The molecular weight excluding hydrogens is 224 g/mol. The van der Waals surface area contributed by atoms with E-state index in [2.05, 4.69) is 10.6 Å².